The van der Waals surface area contributed by atoms with E-state index in [4.69, 9.17) is 17.3 Å². The van der Waals surface area contributed by atoms with Gasteiger partial charge in [0.25, 0.3) is 0 Å². The molecule has 0 fully saturated rings. The fourth-order valence-electron chi connectivity index (χ4n) is 1.63. The summed E-state index contributed by atoms with van der Waals surface area (Å²) in [5.74, 6) is -0.529. The van der Waals surface area contributed by atoms with Crippen LogP contribution in [0.5, 0.6) is 0 Å². The molecule has 5 heteroatoms. The van der Waals surface area contributed by atoms with E-state index in [1.165, 1.54) is 12.1 Å². The molecule has 0 aliphatic heterocycles. The van der Waals surface area contributed by atoms with Crippen LogP contribution in [0.4, 0.5) is 15.8 Å². The molecule has 0 aromatic heterocycles. The molecule has 4 N–H and O–H groups in total. The van der Waals surface area contributed by atoms with E-state index < -0.39 is 11.4 Å². The van der Waals surface area contributed by atoms with E-state index >= 15 is 0 Å². The van der Waals surface area contributed by atoms with Crippen LogP contribution in [0.1, 0.15) is 26.7 Å². The van der Waals surface area contributed by atoms with Crippen LogP contribution >= 0.6 is 11.6 Å². The predicted molar refractivity (Wildman–Crippen MR) is 69.8 cm³/mol. The maximum Gasteiger partial charge on any atom is 0.143 e. The zero-order chi connectivity index (χ0) is 13.1. The maximum atomic E-state index is 13.2. The van der Waals surface area contributed by atoms with Crippen molar-refractivity contribution >= 4 is 23.0 Å². The Morgan fingerprint density at radius 3 is 2.76 bits per heavy atom. The highest BCUT2D eigenvalue weighted by atomic mass is 35.5. The Morgan fingerprint density at radius 2 is 2.18 bits per heavy atom. The average molecular weight is 261 g/mol. The van der Waals surface area contributed by atoms with E-state index in [1.807, 2.05) is 6.92 Å². The minimum absolute atomic E-state index is 0.00614. The number of nitrogen functional groups attached to an aromatic ring is 1. The van der Waals surface area contributed by atoms with Gasteiger partial charge in [-0.25, -0.2) is 4.39 Å². The Balaban J connectivity index is 2.73. The van der Waals surface area contributed by atoms with Crippen molar-refractivity contribution in [2.75, 3.05) is 17.6 Å². The SMILES string of the molecule is CCCC(C)(O)CNc1cc(F)c(Cl)cc1N. The predicted octanol–water partition coefficient (Wildman–Crippen LogP) is 3.02. The number of anilines is 2. The van der Waals surface area contributed by atoms with Gasteiger partial charge in [0.15, 0.2) is 0 Å². The summed E-state index contributed by atoms with van der Waals surface area (Å²) in [6, 6.07) is 2.59. The lowest BCUT2D eigenvalue weighted by Gasteiger charge is -2.24. The van der Waals surface area contributed by atoms with Crippen molar-refractivity contribution in [1.82, 2.24) is 0 Å². The summed E-state index contributed by atoms with van der Waals surface area (Å²) < 4.78 is 13.2. The van der Waals surface area contributed by atoms with Crippen molar-refractivity contribution in [1.29, 1.82) is 0 Å². The molecule has 0 amide bonds. The lowest BCUT2D eigenvalue weighted by molar-refractivity contribution is 0.0637. The van der Waals surface area contributed by atoms with Gasteiger partial charge in [0.05, 0.1) is 22.0 Å². The zero-order valence-electron chi connectivity index (χ0n) is 10.1. The Bertz CT molecular complexity index is 396. The molecular formula is C12H18ClFN2O. The standard InChI is InChI=1S/C12H18ClFN2O/c1-3-4-12(2,17)7-16-11-6-9(14)8(13)5-10(11)15/h5-6,16-17H,3-4,7,15H2,1-2H3. The molecule has 1 atom stereocenters. The number of hydrogen-bond acceptors (Lipinski definition) is 3. The lowest BCUT2D eigenvalue weighted by Crippen LogP contribution is -2.33. The summed E-state index contributed by atoms with van der Waals surface area (Å²) in [4.78, 5) is 0. The van der Waals surface area contributed by atoms with E-state index in [9.17, 15) is 9.50 Å². The Hall–Kier alpha value is -1.00. The average Bonchev–Trinajstić information content (AvgIpc) is 2.21. The highest BCUT2D eigenvalue weighted by Gasteiger charge is 2.19. The maximum absolute atomic E-state index is 13.2. The van der Waals surface area contributed by atoms with Crippen molar-refractivity contribution in [2.24, 2.45) is 0 Å². The van der Waals surface area contributed by atoms with Crippen molar-refractivity contribution in [3.63, 3.8) is 0 Å². The molecule has 17 heavy (non-hydrogen) atoms. The van der Waals surface area contributed by atoms with Crippen LogP contribution in [0, 0.1) is 5.82 Å². The van der Waals surface area contributed by atoms with Gasteiger partial charge in [-0.2, -0.15) is 0 Å². The molecule has 0 aliphatic rings. The highest BCUT2D eigenvalue weighted by molar-refractivity contribution is 6.31. The summed E-state index contributed by atoms with van der Waals surface area (Å²) in [6.45, 7) is 4.03. The molecule has 1 aromatic rings. The topological polar surface area (TPSA) is 58.3 Å². The monoisotopic (exact) mass is 260 g/mol. The number of halogens is 2. The first-order valence-electron chi connectivity index (χ1n) is 5.56. The molecule has 1 rings (SSSR count). The molecule has 0 saturated heterocycles. The zero-order valence-corrected chi connectivity index (χ0v) is 10.8. The third-order valence-electron chi connectivity index (χ3n) is 2.54. The Kier molecular flexibility index (Phi) is 4.60. The van der Waals surface area contributed by atoms with Crippen molar-refractivity contribution in [2.45, 2.75) is 32.3 Å². The first-order chi connectivity index (χ1) is 7.85. The molecule has 0 aliphatic carbocycles. The Labute approximate surface area is 106 Å². The molecule has 0 spiro atoms. The summed E-state index contributed by atoms with van der Waals surface area (Å²) >= 11 is 5.59. The number of benzene rings is 1. The van der Waals surface area contributed by atoms with Gasteiger partial charge in [0, 0.05) is 12.6 Å². The molecule has 0 saturated carbocycles. The van der Waals surface area contributed by atoms with Crippen molar-refractivity contribution in [3.8, 4) is 0 Å². The summed E-state index contributed by atoms with van der Waals surface area (Å²) in [6.07, 6.45) is 1.54. The minimum atomic E-state index is -0.836. The van der Waals surface area contributed by atoms with E-state index in [2.05, 4.69) is 5.32 Å². The summed E-state index contributed by atoms with van der Waals surface area (Å²) in [5.41, 5.74) is 5.67. The fourth-order valence-corrected chi connectivity index (χ4v) is 1.80. The minimum Gasteiger partial charge on any atom is -0.397 e. The van der Waals surface area contributed by atoms with Gasteiger partial charge in [-0.3, -0.25) is 0 Å². The fraction of sp³-hybridized carbons (Fsp3) is 0.500. The Morgan fingerprint density at radius 1 is 1.53 bits per heavy atom. The van der Waals surface area contributed by atoms with Crippen LogP contribution in [0.2, 0.25) is 5.02 Å². The van der Waals surface area contributed by atoms with Gasteiger partial charge in [0.1, 0.15) is 5.82 Å². The smallest absolute Gasteiger partial charge is 0.143 e. The molecular weight excluding hydrogens is 243 g/mol. The lowest BCUT2D eigenvalue weighted by atomic mass is 10.0. The van der Waals surface area contributed by atoms with Gasteiger partial charge in [-0.05, 0) is 19.4 Å². The van der Waals surface area contributed by atoms with Crippen LogP contribution in [0.25, 0.3) is 0 Å². The van der Waals surface area contributed by atoms with Gasteiger partial charge in [-0.15, -0.1) is 0 Å². The third-order valence-corrected chi connectivity index (χ3v) is 2.83. The molecule has 0 radical (unpaired) electrons. The number of aliphatic hydroxyl groups is 1. The van der Waals surface area contributed by atoms with E-state index in [0.29, 0.717) is 24.3 Å². The van der Waals surface area contributed by atoms with Crippen LogP contribution in [-0.2, 0) is 0 Å². The summed E-state index contributed by atoms with van der Waals surface area (Å²) in [7, 11) is 0. The van der Waals surface area contributed by atoms with Gasteiger partial charge < -0.3 is 16.2 Å². The normalized spacial score (nSPS) is 14.4. The van der Waals surface area contributed by atoms with Crippen LogP contribution < -0.4 is 11.1 Å². The van der Waals surface area contributed by atoms with Crippen LogP contribution in [0.15, 0.2) is 12.1 Å². The van der Waals surface area contributed by atoms with E-state index in [0.717, 1.165) is 6.42 Å². The van der Waals surface area contributed by atoms with Crippen molar-refractivity contribution in [3.05, 3.63) is 23.0 Å². The highest BCUT2D eigenvalue weighted by Crippen LogP contribution is 2.26. The van der Waals surface area contributed by atoms with Crippen LogP contribution in [0.3, 0.4) is 0 Å². The first-order valence-corrected chi connectivity index (χ1v) is 5.94. The van der Waals surface area contributed by atoms with Crippen LogP contribution in [-0.4, -0.2) is 17.3 Å². The molecule has 3 nitrogen and oxygen atoms in total. The van der Waals surface area contributed by atoms with Gasteiger partial charge in [-0.1, -0.05) is 24.9 Å². The van der Waals surface area contributed by atoms with E-state index in [-0.39, 0.29) is 5.02 Å². The molecule has 1 aromatic carbocycles. The molecule has 0 bridgehead atoms. The summed E-state index contributed by atoms with van der Waals surface area (Å²) in [5, 5.41) is 12.9. The van der Waals surface area contributed by atoms with Gasteiger partial charge >= 0.3 is 0 Å². The first kappa shape index (κ1) is 14.1. The third kappa shape index (κ3) is 4.06. The number of rotatable bonds is 5. The van der Waals surface area contributed by atoms with Gasteiger partial charge in [0.2, 0.25) is 0 Å². The number of nitrogens with two attached hydrogens (primary N) is 1. The molecule has 1 unspecified atom stereocenters. The second-order valence-electron chi connectivity index (χ2n) is 4.45. The second-order valence-corrected chi connectivity index (χ2v) is 4.86. The molecule has 0 heterocycles. The molecule has 96 valence electrons. The van der Waals surface area contributed by atoms with E-state index in [1.54, 1.807) is 6.92 Å². The second kappa shape index (κ2) is 5.56. The number of nitrogens with one attached hydrogen (secondary N) is 1. The number of hydrogen-bond donors (Lipinski definition) is 3. The van der Waals surface area contributed by atoms with Crippen molar-refractivity contribution < 1.29 is 9.50 Å². The quantitative estimate of drug-likeness (QED) is 0.714. The largest absolute Gasteiger partial charge is 0.397 e.